The SMILES string of the molecule is C=C1/C(=C\C=C2/CCC[C@]3(C)[C@@H]([C@H](C)CC[C@@H](C)C(C)(C)O)CC[C@@H]23)C[C@@H](O)C[C@@H]1O. The summed E-state index contributed by atoms with van der Waals surface area (Å²) in [5.41, 5.74) is 3.11. The van der Waals surface area contributed by atoms with Gasteiger partial charge in [-0.05, 0) is 99.0 Å². The van der Waals surface area contributed by atoms with E-state index >= 15 is 0 Å². The van der Waals surface area contributed by atoms with E-state index in [9.17, 15) is 15.3 Å². The van der Waals surface area contributed by atoms with Gasteiger partial charge in [0.05, 0.1) is 17.8 Å². The van der Waals surface area contributed by atoms with E-state index in [1.54, 1.807) is 5.57 Å². The number of aliphatic hydroxyl groups is 3. The van der Waals surface area contributed by atoms with Gasteiger partial charge in [0.2, 0.25) is 0 Å². The zero-order chi connectivity index (χ0) is 23.0. The molecule has 3 fully saturated rings. The Hall–Kier alpha value is -0.900. The predicted molar refractivity (Wildman–Crippen MR) is 129 cm³/mol. The molecule has 31 heavy (non-hydrogen) atoms. The van der Waals surface area contributed by atoms with Gasteiger partial charge < -0.3 is 15.3 Å². The van der Waals surface area contributed by atoms with Gasteiger partial charge in [-0.1, -0.05) is 51.5 Å². The molecule has 3 aliphatic rings. The number of rotatable bonds is 6. The Balaban J connectivity index is 1.71. The van der Waals surface area contributed by atoms with E-state index in [0.717, 1.165) is 23.5 Å². The predicted octanol–water partition coefficient (Wildman–Crippen LogP) is 5.95. The van der Waals surface area contributed by atoms with Crippen LogP contribution in [0.3, 0.4) is 0 Å². The standard InChI is InChI=1S/C28H46O3/c1-18(9-10-19(2)27(4,5)31)24-13-14-25-21(8-7-15-28(24,25)6)11-12-22-16-23(29)17-26(30)20(22)3/h11-12,18-19,23-26,29-31H,3,7-10,13-17H2,1-2,4-6H3/b21-11+,22-12-/t18-,19-,23-,24-,25+,26+,28-/m1/s1. The summed E-state index contributed by atoms with van der Waals surface area (Å²) in [6.07, 6.45) is 12.9. The molecule has 0 amide bonds. The Labute approximate surface area is 190 Å². The second-order valence-corrected chi connectivity index (χ2v) is 11.8. The molecule has 0 aliphatic heterocycles. The number of aliphatic hydroxyl groups excluding tert-OH is 2. The quantitative estimate of drug-likeness (QED) is 0.488. The van der Waals surface area contributed by atoms with Crippen molar-refractivity contribution in [2.45, 2.75) is 110 Å². The van der Waals surface area contributed by atoms with Crippen LogP contribution in [0.1, 0.15) is 92.4 Å². The van der Waals surface area contributed by atoms with E-state index in [1.807, 2.05) is 13.8 Å². The van der Waals surface area contributed by atoms with Crippen LogP contribution in [-0.4, -0.2) is 33.1 Å². The van der Waals surface area contributed by atoms with Crippen molar-refractivity contribution in [3.05, 3.63) is 35.5 Å². The third-order valence-corrected chi connectivity index (χ3v) is 9.25. The molecule has 0 spiro atoms. The first-order valence-corrected chi connectivity index (χ1v) is 12.6. The topological polar surface area (TPSA) is 60.7 Å². The monoisotopic (exact) mass is 430 g/mol. The molecule has 0 radical (unpaired) electrons. The van der Waals surface area contributed by atoms with E-state index in [2.05, 4.69) is 39.5 Å². The summed E-state index contributed by atoms with van der Waals surface area (Å²) in [6.45, 7) is 15.1. The largest absolute Gasteiger partial charge is 0.393 e. The molecule has 3 N–H and O–H groups in total. The van der Waals surface area contributed by atoms with Crippen LogP contribution in [0, 0.1) is 29.1 Å². The minimum Gasteiger partial charge on any atom is -0.393 e. The summed E-state index contributed by atoms with van der Waals surface area (Å²) < 4.78 is 0. The van der Waals surface area contributed by atoms with Crippen LogP contribution in [0.4, 0.5) is 0 Å². The zero-order valence-electron chi connectivity index (χ0n) is 20.5. The molecular formula is C28H46O3. The lowest BCUT2D eigenvalue weighted by Crippen LogP contribution is -2.36. The Morgan fingerprint density at radius 2 is 1.87 bits per heavy atom. The highest BCUT2D eigenvalue weighted by Gasteiger charge is 2.50. The first-order valence-electron chi connectivity index (χ1n) is 12.6. The van der Waals surface area contributed by atoms with Crippen molar-refractivity contribution in [1.29, 1.82) is 0 Å². The van der Waals surface area contributed by atoms with Gasteiger partial charge in [-0.2, -0.15) is 0 Å². The highest BCUT2D eigenvalue weighted by Crippen LogP contribution is 2.60. The molecule has 0 aromatic rings. The average Bonchev–Trinajstić information content (AvgIpc) is 3.04. The molecule has 3 rings (SSSR count). The lowest BCUT2D eigenvalue weighted by Gasteiger charge is -2.44. The lowest BCUT2D eigenvalue weighted by atomic mass is 9.60. The highest BCUT2D eigenvalue weighted by molar-refractivity contribution is 5.38. The minimum atomic E-state index is -0.618. The van der Waals surface area contributed by atoms with Gasteiger partial charge in [0.1, 0.15) is 0 Å². The number of hydrogen-bond acceptors (Lipinski definition) is 3. The van der Waals surface area contributed by atoms with Crippen LogP contribution in [-0.2, 0) is 0 Å². The van der Waals surface area contributed by atoms with Crippen LogP contribution < -0.4 is 0 Å². The number of fused-ring (bicyclic) bond motifs is 1. The molecule has 3 heteroatoms. The highest BCUT2D eigenvalue weighted by atomic mass is 16.3. The summed E-state index contributed by atoms with van der Waals surface area (Å²) >= 11 is 0. The van der Waals surface area contributed by atoms with Crippen molar-refractivity contribution in [3.63, 3.8) is 0 Å². The first kappa shape index (κ1) is 24.7. The fourth-order valence-electron chi connectivity index (χ4n) is 6.75. The molecule has 3 saturated carbocycles. The van der Waals surface area contributed by atoms with Gasteiger partial charge >= 0.3 is 0 Å². The van der Waals surface area contributed by atoms with Gasteiger partial charge in [-0.25, -0.2) is 0 Å². The Bertz CT molecular complexity index is 712. The number of allylic oxidation sites excluding steroid dienone is 3. The smallest absolute Gasteiger partial charge is 0.0811 e. The fourth-order valence-corrected chi connectivity index (χ4v) is 6.75. The van der Waals surface area contributed by atoms with Crippen molar-refractivity contribution in [2.24, 2.45) is 29.1 Å². The lowest BCUT2D eigenvalue weighted by molar-refractivity contribution is 0.0150. The fraction of sp³-hybridized carbons (Fsp3) is 0.786. The van der Waals surface area contributed by atoms with Crippen LogP contribution in [0.5, 0.6) is 0 Å². The molecule has 0 bridgehead atoms. The van der Waals surface area contributed by atoms with Gasteiger partial charge in [-0.15, -0.1) is 0 Å². The third-order valence-electron chi connectivity index (χ3n) is 9.25. The Morgan fingerprint density at radius 3 is 2.55 bits per heavy atom. The van der Waals surface area contributed by atoms with Crippen molar-refractivity contribution in [3.8, 4) is 0 Å². The molecule has 0 unspecified atom stereocenters. The van der Waals surface area contributed by atoms with Crippen LogP contribution in [0.15, 0.2) is 35.5 Å². The maximum absolute atomic E-state index is 10.3. The normalized spacial score (nSPS) is 39.0. The van der Waals surface area contributed by atoms with Gasteiger partial charge in [0.25, 0.3) is 0 Å². The average molecular weight is 431 g/mol. The zero-order valence-corrected chi connectivity index (χ0v) is 20.5. The molecule has 176 valence electrons. The Kier molecular flexibility index (Phi) is 7.61. The van der Waals surface area contributed by atoms with Crippen molar-refractivity contribution in [1.82, 2.24) is 0 Å². The minimum absolute atomic E-state index is 0.322. The Morgan fingerprint density at radius 1 is 1.16 bits per heavy atom. The van der Waals surface area contributed by atoms with Crippen molar-refractivity contribution >= 4 is 0 Å². The second-order valence-electron chi connectivity index (χ2n) is 11.8. The van der Waals surface area contributed by atoms with Crippen molar-refractivity contribution in [2.75, 3.05) is 0 Å². The molecule has 3 nitrogen and oxygen atoms in total. The molecule has 0 saturated heterocycles. The van der Waals surface area contributed by atoms with Crippen LogP contribution in [0.2, 0.25) is 0 Å². The maximum Gasteiger partial charge on any atom is 0.0811 e. The summed E-state index contributed by atoms with van der Waals surface area (Å²) in [5.74, 6) is 2.39. The maximum atomic E-state index is 10.3. The van der Waals surface area contributed by atoms with Crippen molar-refractivity contribution < 1.29 is 15.3 Å². The van der Waals surface area contributed by atoms with Crippen LogP contribution in [0.25, 0.3) is 0 Å². The van der Waals surface area contributed by atoms with E-state index in [0.29, 0.717) is 36.0 Å². The van der Waals surface area contributed by atoms with Gasteiger partial charge in [0, 0.05) is 6.42 Å². The molecule has 7 atom stereocenters. The second kappa shape index (κ2) is 9.53. The molecule has 0 heterocycles. The van der Waals surface area contributed by atoms with E-state index in [1.165, 1.54) is 38.5 Å². The summed E-state index contributed by atoms with van der Waals surface area (Å²) in [5, 5.41) is 30.5. The van der Waals surface area contributed by atoms with E-state index in [-0.39, 0.29) is 0 Å². The first-order chi connectivity index (χ1) is 14.4. The summed E-state index contributed by atoms with van der Waals surface area (Å²) in [7, 11) is 0. The third kappa shape index (κ3) is 5.37. The van der Waals surface area contributed by atoms with Gasteiger partial charge in [0.15, 0.2) is 0 Å². The molecule has 0 aromatic heterocycles. The number of hydrogen-bond donors (Lipinski definition) is 3. The molecule has 3 aliphatic carbocycles. The van der Waals surface area contributed by atoms with E-state index in [4.69, 9.17) is 0 Å². The van der Waals surface area contributed by atoms with Gasteiger partial charge in [-0.3, -0.25) is 0 Å². The summed E-state index contributed by atoms with van der Waals surface area (Å²) in [4.78, 5) is 0. The molecular weight excluding hydrogens is 384 g/mol. The molecule has 0 aromatic carbocycles. The van der Waals surface area contributed by atoms with E-state index < -0.39 is 17.8 Å². The van der Waals surface area contributed by atoms with Crippen LogP contribution >= 0.6 is 0 Å². The summed E-state index contributed by atoms with van der Waals surface area (Å²) in [6, 6.07) is 0.